The standard InChI is InChI=1S/C14H22N2O4.ClH/c1-4-5-6-7-11(15)10-8-13(19-2)14(20-3)9-12(10)16(17)18;/h8-9,11H,4-7,15H2,1-3H3;1H/t11-;/m1./s1. The average molecular weight is 319 g/mol. The van der Waals surface area contributed by atoms with Crippen LogP contribution >= 0.6 is 12.4 Å². The number of methoxy groups -OCH3 is 2. The first-order chi connectivity index (χ1) is 9.54. The monoisotopic (exact) mass is 318 g/mol. The second-order valence-electron chi connectivity index (χ2n) is 4.63. The lowest BCUT2D eigenvalue weighted by atomic mass is 9.99. The molecule has 0 amide bonds. The van der Waals surface area contributed by atoms with Crippen molar-refractivity contribution in [3.05, 3.63) is 27.8 Å². The quantitative estimate of drug-likeness (QED) is 0.449. The van der Waals surface area contributed by atoms with Gasteiger partial charge in [-0.3, -0.25) is 10.1 Å². The van der Waals surface area contributed by atoms with Gasteiger partial charge in [0.2, 0.25) is 0 Å². The van der Waals surface area contributed by atoms with E-state index in [0.29, 0.717) is 23.5 Å². The normalized spacial score (nSPS) is 11.4. The molecule has 1 aromatic rings. The van der Waals surface area contributed by atoms with Crippen LogP contribution in [0.4, 0.5) is 5.69 Å². The Morgan fingerprint density at radius 2 is 1.81 bits per heavy atom. The number of unbranched alkanes of at least 4 members (excludes halogenated alkanes) is 2. The average Bonchev–Trinajstić information content (AvgIpc) is 2.45. The summed E-state index contributed by atoms with van der Waals surface area (Å²) < 4.78 is 10.3. The van der Waals surface area contributed by atoms with Crippen molar-refractivity contribution in [2.45, 2.75) is 38.6 Å². The third-order valence-electron chi connectivity index (χ3n) is 3.25. The minimum Gasteiger partial charge on any atom is -0.493 e. The molecule has 120 valence electrons. The molecule has 6 nitrogen and oxygen atoms in total. The van der Waals surface area contributed by atoms with Crippen molar-refractivity contribution in [1.29, 1.82) is 0 Å². The van der Waals surface area contributed by atoms with Gasteiger partial charge in [-0.2, -0.15) is 0 Å². The maximum Gasteiger partial charge on any atom is 0.278 e. The summed E-state index contributed by atoms with van der Waals surface area (Å²) in [6.07, 6.45) is 3.81. The maximum atomic E-state index is 11.2. The molecule has 0 radical (unpaired) electrons. The fraction of sp³-hybridized carbons (Fsp3) is 0.571. The lowest BCUT2D eigenvalue weighted by Crippen LogP contribution is -2.13. The molecule has 1 atom stereocenters. The summed E-state index contributed by atoms with van der Waals surface area (Å²) in [4.78, 5) is 10.7. The highest BCUT2D eigenvalue weighted by molar-refractivity contribution is 5.85. The number of rotatable bonds is 8. The van der Waals surface area contributed by atoms with E-state index in [-0.39, 0.29) is 24.1 Å². The highest BCUT2D eigenvalue weighted by Crippen LogP contribution is 2.37. The van der Waals surface area contributed by atoms with Crippen LogP contribution in [0.2, 0.25) is 0 Å². The summed E-state index contributed by atoms with van der Waals surface area (Å²) in [6.45, 7) is 2.10. The van der Waals surface area contributed by atoms with Crippen LogP contribution in [0.3, 0.4) is 0 Å². The van der Waals surface area contributed by atoms with Gasteiger partial charge in [0, 0.05) is 6.04 Å². The SMILES string of the molecule is CCCCC[C@@H](N)c1cc(OC)c(OC)cc1[N+](=O)[O-].Cl. The van der Waals surface area contributed by atoms with Gasteiger partial charge in [-0.05, 0) is 12.5 Å². The summed E-state index contributed by atoms with van der Waals surface area (Å²) in [6, 6.07) is 2.60. The van der Waals surface area contributed by atoms with E-state index in [0.717, 1.165) is 19.3 Å². The van der Waals surface area contributed by atoms with Crippen molar-refractivity contribution < 1.29 is 14.4 Å². The zero-order valence-electron chi connectivity index (χ0n) is 12.6. The molecule has 0 aromatic heterocycles. The molecule has 0 saturated carbocycles. The van der Waals surface area contributed by atoms with Crippen molar-refractivity contribution in [3.8, 4) is 11.5 Å². The molecule has 0 bridgehead atoms. The third-order valence-corrected chi connectivity index (χ3v) is 3.25. The minimum atomic E-state index is -0.434. The van der Waals surface area contributed by atoms with E-state index in [4.69, 9.17) is 15.2 Å². The second-order valence-corrected chi connectivity index (χ2v) is 4.63. The minimum absolute atomic E-state index is 0. The van der Waals surface area contributed by atoms with Gasteiger partial charge in [0.15, 0.2) is 11.5 Å². The first-order valence-corrected chi connectivity index (χ1v) is 6.71. The van der Waals surface area contributed by atoms with Crippen LogP contribution in [0.25, 0.3) is 0 Å². The van der Waals surface area contributed by atoms with Gasteiger partial charge < -0.3 is 15.2 Å². The van der Waals surface area contributed by atoms with Gasteiger partial charge in [0.1, 0.15) is 0 Å². The van der Waals surface area contributed by atoms with E-state index >= 15 is 0 Å². The topological polar surface area (TPSA) is 87.6 Å². The van der Waals surface area contributed by atoms with Crippen LogP contribution < -0.4 is 15.2 Å². The van der Waals surface area contributed by atoms with Gasteiger partial charge >= 0.3 is 0 Å². The summed E-state index contributed by atoms with van der Waals surface area (Å²) >= 11 is 0. The smallest absolute Gasteiger partial charge is 0.278 e. The van der Waals surface area contributed by atoms with Gasteiger partial charge in [-0.15, -0.1) is 12.4 Å². The number of nitro benzene ring substituents is 1. The first-order valence-electron chi connectivity index (χ1n) is 6.71. The molecule has 21 heavy (non-hydrogen) atoms. The molecule has 0 heterocycles. The van der Waals surface area contributed by atoms with E-state index < -0.39 is 4.92 Å². The van der Waals surface area contributed by atoms with Crippen LogP contribution in [0.15, 0.2) is 12.1 Å². The molecule has 0 spiro atoms. The Morgan fingerprint density at radius 1 is 1.24 bits per heavy atom. The number of ether oxygens (including phenoxy) is 2. The zero-order chi connectivity index (χ0) is 15.1. The maximum absolute atomic E-state index is 11.2. The molecular formula is C14H23ClN2O4. The number of halogens is 1. The van der Waals surface area contributed by atoms with E-state index in [9.17, 15) is 10.1 Å². The summed E-state index contributed by atoms with van der Waals surface area (Å²) in [7, 11) is 2.94. The molecule has 1 aromatic carbocycles. The summed E-state index contributed by atoms with van der Waals surface area (Å²) in [5.74, 6) is 0.794. The molecule has 7 heteroatoms. The summed E-state index contributed by atoms with van der Waals surface area (Å²) in [5.41, 5.74) is 6.56. The molecular weight excluding hydrogens is 296 g/mol. The molecule has 2 N–H and O–H groups in total. The molecule has 0 saturated heterocycles. The highest BCUT2D eigenvalue weighted by Gasteiger charge is 2.23. The van der Waals surface area contributed by atoms with Crippen molar-refractivity contribution in [2.75, 3.05) is 14.2 Å². The largest absolute Gasteiger partial charge is 0.493 e. The number of nitro groups is 1. The first kappa shape index (κ1) is 19.5. The van der Waals surface area contributed by atoms with Crippen molar-refractivity contribution in [1.82, 2.24) is 0 Å². The molecule has 0 aliphatic heterocycles. The van der Waals surface area contributed by atoms with Crippen LogP contribution in [-0.4, -0.2) is 19.1 Å². The van der Waals surface area contributed by atoms with Gasteiger partial charge in [0.05, 0.1) is 30.8 Å². The van der Waals surface area contributed by atoms with Crippen LogP contribution in [0.1, 0.15) is 44.2 Å². The molecule has 0 unspecified atom stereocenters. The molecule has 1 rings (SSSR count). The van der Waals surface area contributed by atoms with E-state index in [1.807, 2.05) is 0 Å². The van der Waals surface area contributed by atoms with Crippen LogP contribution in [-0.2, 0) is 0 Å². The third kappa shape index (κ3) is 5.06. The number of nitrogens with two attached hydrogens (primary N) is 1. The second kappa shape index (κ2) is 9.41. The fourth-order valence-electron chi connectivity index (χ4n) is 2.11. The lowest BCUT2D eigenvalue weighted by molar-refractivity contribution is -0.385. The van der Waals surface area contributed by atoms with Crippen LogP contribution in [0.5, 0.6) is 11.5 Å². The number of hydrogen-bond acceptors (Lipinski definition) is 5. The van der Waals surface area contributed by atoms with E-state index in [1.54, 1.807) is 6.07 Å². The van der Waals surface area contributed by atoms with Gasteiger partial charge in [0.25, 0.3) is 5.69 Å². The Hall–Kier alpha value is -1.53. The lowest BCUT2D eigenvalue weighted by Gasteiger charge is -2.15. The zero-order valence-corrected chi connectivity index (χ0v) is 13.4. The fourth-order valence-corrected chi connectivity index (χ4v) is 2.11. The number of nitrogens with zero attached hydrogens (tertiary/aromatic N) is 1. The Balaban J connectivity index is 0.00000400. The van der Waals surface area contributed by atoms with Crippen molar-refractivity contribution >= 4 is 18.1 Å². The van der Waals surface area contributed by atoms with Gasteiger partial charge in [-0.1, -0.05) is 26.2 Å². The number of hydrogen-bond donors (Lipinski definition) is 1. The predicted molar refractivity (Wildman–Crippen MR) is 84.5 cm³/mol. The molecule has 0 aliphatic carbocycles. The summed E-state index contributed by atoms with van der Waals surface area (Å²) in [5, 5.41) is 11.2. The Bertz CT molecular complexity index is 469. The Kier molecular flexibility index (Phi) is 8.73. The van der Waals surface area contributed by atoms with Gasteiger partial charge in [-0.25, -0.2) is 0 Å². The Labute approximate surface area is 131 Å². The predicted octanol–water partition coefficient (Wildman–Crippen LogP) is 3.61. The molecule has 0 aliphatic rings. The highest BCUT2D eigenvalue weighted by atomic mass is 35.5. The van der Waals surface area contributed by atoms with Crippen LogP contribution in [0, 0.1) is 10.1 Å². The molecule has 0 fully saturated rings. The van der Waals surface area contributed by atoms with E-state index in [2.05, 4.69) is 6.92 Å². The van der Waals surface area contributed by atoms with Crippen molar-refractivity contribution in [3.63, 3.8) is 0 Å². The van der Waals surface area contributed by atoms with Crippen molar-refractivity contribution in [2.24, 2.45) is 5.73 Å². The number of benzene rings is 1. The van der Waals surface area contributed by atoms with E-state index in [1.165, 1.54) is 20.3 Å². The Morgan fingerprint density at radius 3 is 2.29 bits per heavy atom.